The number of nitrogens with one attached hydrogen (secondary N) is 1. The van der Waals surface area contributed by atoms with Crippen LogP contribution in [0.1, 0.15) is 27.0 Å². The van der Waals surface area contributed by atoms with Crippen molar-refractivity contribution >= 4 is 39.1 Å². The molecule has 0 bridgehead atoms. The molecule has 0 spiro atoms. The predicted octanol–water partition coefficient (Wildman–Crippen LogP) is 5.28. The van der Waals surface area contributed by atoms with Crippen LogP contribution in [0.25, 0.3) is 0 Å². The van der Waals surface area contributed by atoms with E-state index in [-0.39, 0.29) is 5.91 Å². The van der Waals surface area contributed by atoms with Crippen LogP contribution >= 0.6 is 27.5 Å². The van der Waals surface area contributed by atoms with E-state index in [1.165, 1.54) is 0 Å². The highest BCUT2D eigenvalue weighted by molar-refractivity contribution is 9.10. The molecule has 1 N–H and O–H groups in total. The van der Waals surface area contributed by atoms with Gasteiger partial charge in [0, 0.05) is 10.0 Å². The molecule has 0 fully saturated rings. The highest BCUT2D eigenvalue weighted by Gasteiger charge is 2.14. The Kier molecular flexibility index (Phi) is 4.51. The van der Waals surface area contributed by atoms with Gasteiger partial charge in [-0.2, -0.15) is 0 Å². The van der Waals surface area contributed by atoms with Crippen molar-refractivity contribution in [3.8, 4) is 0 Å². The summed E-state index contributed by atoms with van der Waals surface area (Å²) in [7, 11) is 0. The minimum absolute atomic E-state index is 0.135. The Morgan fingerprint density at radius 2 is 1.70 bits per heavy atom. The van der Waals surface area contributed by atoms with Crippen LogP contribution in [0.4, 0.5) is 5.69 Å². The molecule has 0 atom stereocenters. The fourth-order valence-corrected chi connectivity index (χ4v) is 3.03. The lowest BCUT2D eigenvalue weighted by Crippen LogP contribution is -2.15. The average molecular weight is 353 g/mol. The molecule has 0 aliphatic heterocycles. The molecular formula is C16H15BrClNO. The Balaban J connectivity index is 2.33. The molecule has 2 aromatic carbocycles. The first-order valence-corrected chi connectivity index (χ1v) is 7.40. The zero-order valence-electron chi connectivity index (χ0n) is 11.6. The van der Waals surface area contributed by atoms with E-state index in [4.69, 9.17) is 11.6 Å². The van der Waals surface area contributed by atoms with E-state index in [2.05, 4.69) is 21.2 Å². The van der Waals surface area contributed by atoms with Gasteiger partial charge >= 0.3 is 0 Å². The fourth-order valence-electron chi connectivity index (χ4n) is 2.31. The van der Waals surface area contributed by atoms with E-state index in [1.54, 1.807) is 12.1 Å². The van der Waals surface area contributed by atoms with Gasteiger partial charge in [0.25, 0.3) is 5.91 Å². The monoisotopic (exact) mass is 351 g/mol. The van der Waals surface area contributed by atoms with Gasteiger partial charge in [0.15, 0.2) is 0 Å². The van der Waals surface area contributed by atoms with Gasteiger partial charge in [-0.3, -0.25) is 4.79 Å². The molecule has 0 radical (unpaired) electrons. The lowest BCUT2D eigenvalue weighted by atomic mass is 9.99. The summed E-state index contributed by atoms with van der Waals surface area (Å²) in [6, 6.07) is 9.39. The molecule has 0 saturated heterocycles. The highest BCUT2D eigenvalue weighted by Crippen LogP contribution is 2.27. The van der Waals surface area contributed by atoms with Crippen LogP contribution in [0.5, 0.6) is 0 Å². The first kappa shape index (κ1) is 15.1. The van der Waals surface area contributed by atoms with Gasteiger partial charge in [0.2, 0.25) is 0 Å². The summed E-state index contributed by atoms with van der Waals surface area (Å²) in [6.45, 7) is 5.91. The van der Waals surface area contributed by atoms with Crippen molar-refractivity contribution in [2.24, 2.45) is 0 Å². The number of hydrogen-bond donors (Lipinski definition) is 1. The standard InChI is InChI=1S/C16H15BrClNO/c1-9-6-10(2)15(11(3)7-9)16(20)19-14-5-4-12(17)8-13(14)18/h4-8H,1-3H3,(H,19,20). The summed E-state index contributed by atoms with van der Waals surface area (Å²) >= 11 is 9.46. The SMILES string of the molecule is Cc1cc(C)c(C(=O)Nc2ccc(Br)cc2Cl)c(C)c1. The van der Waals surface area contributed by atoms with Crippen molar-refractivity contribution in [3.63, 3.8) is 0 Å². The van der Waals surface area contributed by atoms with Crippen LogP contribution in [0.3, 0.4) is 0 Å². The molecule has 2 nitrogen and oxygen atoms in total. The normalized spacial score (nSPS) is 10.4. The second kappa shape index (κ2) is 5.98. The molecule has 0 aromatic heterocycles. The average Bonchev–Trinajstić information content (AvgIpc) is 2.31. The van der Waals surface area contributed by atoms with Crippen molar-refractivity contribution in [3.05, 3.63) is 62.1 Å². The smallest absolute Gasteiger partial charge is 0.256 e. The summed E-state index contributed by atoms with van der Waals surface area (Å²) in [4.78, 5) is 12.4. The Labute approximate surface area is 132 Å². The molecule has 0 aliphatic carbocycles. The number of carbonyl (C=O) groups is 1. The second-order valence-corrected chi connectivity index (χ2v) is 6.17. The number of halogens is 2. The van der Waals surface area contributed by atoms with Crippen molar-refractivity contribution in [2.75, 3.05) is 5.32 Å². The molecule has 20 heavy (non-hydrogen) atoms. The summed E-state index contributed by atoms with van der Waals surface area (Å²) in [5, 5.41) is 3.37. The summed E-state index contributed by atoms with van der Waals surface area (Å²) in [5.41, 5.74) is 4.40. The van der Waals surface area contributed by atoms with Crippen LogP contribution < -0.4 is 5.32 Å². The number of anilines is 1. The van der Waals surface area contributed by atoms with E-state index < -0.39 is 0 Å². The molecule has 2 rings (SSSR count). The van der Waals surface area contributed by atoms with E-state index in [0.29, 0.717) is 16.3 Å². The van der Waals surface area contributed by atoms with Gasteiger partial charge in [-0.25, -0.2) is 0 Å². The molecule has 104 valence electrons. The van der Waals surface area contributed by atoms with Crippen molar-refractivity contribution in [2.45, 2.75) is 20.8 Å². The molecule has 1 amide bonds. The lowest BCUT2D eigenvalue weighted by Gasteiger charge is -2.12. The Morgan fingerprint density at radius 3 is 2.25 bits per heavy atom. The molecule has 0 aliphatic rings. The van der Waals surface area contributed by atoms with Crippen molar-refractivity contribution in [1.29, 1.82) is 0 Å². The van der Waals surface area contributed by atoms with Gasteiger partial charge in [-0.05, 0) is 50.1 Å². The third-order valence-electron chi connectivity index (χ3n) is 3.08. The predicted molar refractivity (Wildman–Crippen MR) is 87.8 cm³/mol. The fraction of sp³-hybridized carbons (Fsp3) is 0.188. The van der Waals surface area contributed by atoms with E-state index >= 15 is 0 Å². The van der Waals surface area contributed by atoms with Crippen LogP contribution in [0.2, 0.25) is 5.02 Å². The van der Waals surface area contributed by atoms with Crippen LogP contribution in [-0.2, 0) is 0 Å². The number of aryl methyl sites for hydroxylation is 3. The molecule has 2 aromatic rings. The third-order valence-corrected chi connectivity index (χ3v) is 3.89. The maximum Gasteiger partial charge on any atom is 0.256 e. The van der Waals surface area contributed by atoms with Crippen molar-refractivity contribution in [1.82, 2.24) is 0 Å². The van der Waals surface area contributed by atoms with Crippen LogP contribution in [0.15, 0.2) is 34.8 Å². The minimum Gasteiger partial charge on any atom is -0.321 e. The topological polar surface area (TPSA) is 29.1 Å². The van der Waals surface area contributed by atoms with E-state index in [0.717, 1.165) is 21.2 Å². The zero-order chi connectivity index (χ0) is 14.9. The number of benzene rings is 2. The molecular weight excluding hydrogens is 338 g/mol. The number of carbonyl (C=O) groups excluding carboxylic acids is 1. The molecule has 0 heterocycles. The second-order valence-electron chi connectivity index (χ2n) is 4.85. The van der Waals surface area contributed by atoms with Gasteiger partial charge < -0.3 is 5.32 Å². The zero-order valence-corrected chi connectivity index (χ0v) is 13.9. The third kappa shape index (κ3) is 3.22. The largest absolute Gasteiger partial charge is 0.321 e. The van der Waals surface area contributed by atoms with E-state index in [1.807, 2.05) is 39.0 Å². The molecule has 0 unspecified atom stereocenters. The van der Waals surface area contributed by atoms with Crippen molar-refractivity contribution < 1.29 is 4.79 Å². The van der Waals surface area contributed by atoms with Crippen LogP contribution in [-0.4, -0.2) is 5.91 Å². The van der Waals surface area contributed by atoms with Gasteiger partial charge in [-0.1, -0.05) is 45.2 Å². The number of rotatable bonds is 2. The quantitative estimate of drug-likeness (QED) is 0.782. The molecule has 0 saturated carbocycles. The Bertz CT molecular complexity index is 659. The van der Waals surface area contributed by atoms with Gasteiger partial charge in [0.1, 0.15) is 0 Å². The summed E-state index contributed by atoms with van der Waals surface area (Å²) < 4.78 is 0.878. The molecule has 4 heteroatoms. The summed E-state index contributed by atoms with van der Waals surface area (Å²) in [5.74, 6) is -0.135. The summed E-state index contributed by atoms with van der Waals surface area (Å²) in [6.07, 6.45) is 0. The van der Waals surface area contributed by atoms with Gasteiger partial charge in [-0.15, -0.1) is 0 Å². The lowest BCUT2D eigenvalue weighted by molar-refractivity contribution is 0.102. The maximum absolute atomic E-state index is 12.4. The number of amides is 1. The first-order chi connectivity index (χ1) is 9.38. The maximum atomic E-state index is 12.4. The Hall–Kier alpha value is -1.32. The minimum atomic E-state index is -0.135. The highest BCUT2D eigenvalue weighted by atomic mass is 79.9. The Morgan fingerprint density at radius 1 is 1.10 bits per heavy atom. The first-order valence-electron chi connectivity index (χ1n) is 6.22. The van der Waals surface area contributed by atoms with E-state index in [9.17, 15) is 4.79 Å². The van der Waals surface area contributed by atoms with Crippen LogP contribution in [0, 0.1) is 20.8 Å². The number of hydrogen-bond acceptors (Lipinski definition) is 1. The van der Waals surface area contributed by atoms with Gasteiger partial charge in [0.05, 0.1) is 10.7 Å².